The molecule has 1 amide bonds. The molecule has 0 bridgehead atoms. The van der Waals surface area contributed by atoms with E-state index in [2.05, 4.69) is 12.2 Å². The van der Waals surface area contributed by atoms with Crippen molar-refractivity contribution in [3.8, 4) is 0 Å². The molecule has 1 saturated carbocycles. The van der Waals surface area contributed by atoms with Gasteiger partial charge >= 0.3 is 0 Å². The first-order chi connectivity index (χ1) is 11.1. The number of carbonyl (C=O) groups excluding carboxylic acids is 1. The van der Waals surface area contributed by atoms with Gasteiger partial charge in [0, 0.05) is 17.1 Å². The molecule has 2 aromatic rings. The van der Waals surface area contributed by atoms with Crippen LogP contribution in [0.5, 0.6) is 0 Å². The topological polar surface area (TPSA) is 55.1 Å². The molecule has 0 aliphatic heterocycles. The molecule has 3 rings (SSSR count). The molecule has 23 heavy (non-hydrogen) atoms. The minimum atomic E-state index is -0.0485. The van der Waals surface area contributed by atoms with Crippen molar-refractivity contribution in [1.29, 1.82) is 0 Å². The van der Waals surface area contributed by atoms with E-state index in [0.717, 1.165) is 17.5 Å². The van der Waals surface area contributed by atoms with E-state index < -0.39 is 0 Å². The SMILES string of the molecule is CC1CC1C(NC(=O)c1ccc(CN)cc1)c1ccc(Cl)cc1. The molecule has 4 heteroatoms. The molecular weight excluding hydrogens is 308 g/mol. The summed E-state index contributed by atoms with van der Waals surface area (Å²) in [5, 5.41) is 3.89. The highest BCUT2D eigenvalue weighted by Gasteiger charge is 2.41. The van der Waals surface area contributed by atoms with Crippen molar-refractivity contribution < 1.29 is 4.79 Å². The lowest BCUT2D eigenvalue weighted by Gasteiger charge is -2.20. The molecule has 1 aliphatic rings. The van der Waals surface area contributed by atoms with Crippen LogP contribution in [-0.2, 0) is 6.54 Å². The maximum Gasteiger partial charge on any atom is 0.251 e. The van der Waals surface area contributed by atoms with Gasteiger partial charge in [0.2, 0.25) is 0 Å². The normalized spacial score (nSPS) is 20.8. The molecule has 1 fully saturated rings. The molecule has 0 aromatic heterocycles. The van der Waals surface area contributed by atoms with Gasteiger partial charge < -0.3 is 11.1 Å². The summed E-state index contributed by atoms with van der Waals surface area (Å²) in [4.78, 5) is 12.6. The van der Waals surface area contributed by atoms with Crippen molar-refractivity contribution in [3.63, 3.8) is 0 Å². The van der Waals surface area contributed by atoms with Crippen molar-refractivity contribution in [2.75, 3.05) is 0 Å². The molecule has 3 atom stereocenters. The lowest BCUT2D eigenvalue weighted by atomic mass is 10.0. The Labute approximate surface area is 141 Å². The van der Waals surface area contributed by atoms with Crippen LogP contribution in [0, 0.1) is 11.8 Å². The Balaban J connectivity index is 1.77. The smallest absolute Gasteiger partial charge is 0.251 e. The predicted molar refractivity (Wildman–Crippen MR) is 93.3 cm³/mol. The lowest BCUT2D eigenvalue weighted by molar-refractivity contribution is 0.0930. The Morgan fingerprint density at radius 1 is 1.22 bits per heavy atom. The first-order valence-corrected chi connectivity index (χ1v) is 8.31. The summed E-state index contributed by atoms with van der Waals surface area (Å²) in [6.07, 6.45) is 1.14. The van der Waals surface area contributed by atoms with E-state index >= 15 is 0 Å². The third kappa shape index (κ3) is 3.74. The number of hydrogen-bond acceptors (Lipinski definition) is 2. The maximum absolute atomic E-state index is 12.6. The average Bonchev–Trinajstić information content (AvgIpc) is 3.30. The van der Waals surface area contributed by atoms with E-state index in [-0.39, 0.29) is 11.9 Å². The first kappa shape index (κ1) is 16.0. The number of rotatable bonds is 5. The summed E-state index contributed by atoms with van der Waals surface area (Å²) in [6.45, 7) is 2.70. The third-order valence-electron chi connectivity index (χ3n) is 4.57. The summed E-state index contributed by atoms with van der Waals surface area (Å²) in [5.74, 6) is 1.08. The molecular formula is C19H21ClN2O. The fourth-order valence-electron chi connectivity index (χ4n) is 2.94. The summed E-state index contributed by atoms with van der Waals surface area (Å²) in [5.41, 5.74) is 8.39. The minimum Gasteiger partial charge on any atom is -0.345 e. The van der Waals surface area contributed by atoms with Crippen molar-refractivity contribution in [1.82, 2.24) is 5.32 Å². The van der Waals surface area contributed by atoms with E-state index in [1.807, 2.05) is 48.5 Å². The molecule has 120 valence electrons. The maximum atomic E-state index is 12.6. The molecule has 0 radical (unpaired) electrons. The number of nitrogens with one attached hydrogen (secondary N) is 1. The molecule has 0 heterocycles. The molecule has 3 N–H and O–H groups in total. The van der Waals surface area contributed by atoms with Crippen molar-refractivity contribution in [3.05, 3.63) is 70.2 Å². The van der Waals surface area contributed by atoms with Crippen LogP contribution in [0.2, 0.25) is 5.02 Å². The fraction of sp³-hybridized carbons (Fsp3) is 0.316. The Morgan fingerprint density at radius 3 is 2.35 bits per heavy atom. The second-order valence-corrected chi connectivity index (χ2v) is 6.72. The van der Waals surface area contributed by atoms with Gasteiger partial charge in [-0.05, 0) is 53.6 Å². The predicted octanol–water partition coefficient (Wildman–Crippen LogP) is 3.93. The Bertz CT molecular complexity index is 682. The third-order valence-corrected chi connectivity index (χ3v) is 4.82. The van der Waals surface area contributed by atoms with Gasteiger partial charge in [0.1, 0.15) is 0 Å². The average molecular weight is 329 g/mol. The van der Waals surface area contributed by atoms with Gasteiger partial charge in [-0.25, -0.2) is 0 Å². The molecule has 3 nitrogen and oxygen atoms in total. The van der Waals surface area contributed by atoms with Gasteiger partial charge in [-0.1, -0.05) is 42.8 Å². The molecule has 0 spiro atoms. The minimum absolute atomic E-state index is 0.0314. The molecule has 0 saturated heterocycles. The monoisotopic (exact) mass is 328 g/mol. The Morgan fingerprint density at radius 2 is 1.83 bits per heavy atom. The second kappa shape index (κ2) is 6.73. The van der Waals surface area contributed by atoms with Crippen LogP contribution in [-0.4, -0.2) is 5.91 Å². The summed E-state index contributed by atoms with van der Waals surface area (Å²) in [7, 11) is 0. The van der Waals surface area contributed by atoms with Crippen molar-refractivity contribution in [2.45, 2.75) is 25.9 Å². The van der Waals surface area contributed by atoms with Crippen LogP contribution in [0.25, 0.3) is 0 Å². The van der Waals surface area contributed by atoms with E-state index in [9.17, 15) is 4.79 Å². The van der Waals surface area contributed by atoms with Crippen LogP contribution in [0.15, 0.2) is 48.5 Å². The number of nitrogens with two attached hydrogens (primary N) is 1. The van der Waals surface area contributed by atoms with Gasteiger partial charge in [0.15, 0.2) is 0 Å². The Hall–Kier alpha value is -1.84. The molecule has 2 aromatic carbocycles. The van der Waals surface area contributed by atoms with Crippen LogP contribution in [0.1, 0.15) is 40.9 Å². The first-order valence-electron chi connectivity index (χ1n) is 7.94. The summed E-state index contributed by atoms with van der Waals surface area (Å²) in [6, 6.07) is 15.2. The zero-order valence-electron chi connectivity index (χ0n) is 13.1. The van der Waals surface area contributed by atoms with Gasteiger partial charge in [0.25, 0.3) is 5.91 Å². The van der Waals surface area contributed by atoms with Gasteiger partial charge in [-0.2, -0.15) is 0 Å². The zero-order chi connectivity index (χ0) is 16.4. The fourth-order valence-corrected chi connectivity index (χ4v) is 3.07. The van der Waals surface area contributed by atoms with Crippen LogP contribution in [0.4, 0.5) is 0 Å². The van der Waals surface area contributed by atoms with Crippen LogP contribution >= 0.6 is 11.6 Å². The van der Waals surface area contributed by atoms with E-state index in [1.165, 1.54) is 0 Å². The standard InChI is InChI=1S/C19H21ClN2O/c1-12-10-17(12)18(14-6-8-16(20)9-7-14)22-19(23)15-4-2-13(11-21)3-5-15/h2-9,12,17-18H,10-11,21H2,1H3,(H,22,23). The van der Waals surface area contributed by atoms with Crippen molar-refractivity contribution in [2.24, 2.45) is 17.6 Å². The highest BCUT2D eigenvalue weighted by Crippen LogP contribution is 2.47. The number of halogens is 1. The Kier molecular flexibility index (Phi) is 4.69. The second-order valence-electron chi connectivity index (χ2n) is 6.28. The zero-order valence-corrected chi connectivity index (χ0v) is 13.9. The number of benzene rings is 2. The van der Waals surface area contributed by atoms with E-state index in [1.54, 1.807) is 0 Å². The number of carbonyl (C=O) groups is 1. The summed E-state index contributed by atoms with van der Waals surface area (Å²) >= 11 is 5.97. The number of hydrogen-bond donors (Lipinski definition) is 2. The highest BCUT2D eigenvalue weighted by atomic mass is 35.5. The van der Waals surface area contributed by atoms with Crippen LogP contribution in [0.3, 0.4) is 0 Å². The van der Waals surface area contributed by atoms with E-state index in [4.69, 9.17) is 17.3 Å². The van der Waals surface area contributed by atoms with E-state index in [0.29, 0.717) is 29.0 Å². The van der Waals surface area contributed by atoms with Crippen molar-refractivity contribution >= 4 is 17.5 Å². The van der Waals surface area contributed by atoms with Gasteiger partial charge in [-0.15, -0.1) is 0 Å². The summed E-state index contributed by atoms with van der Waals surface area (Å²) < 4.78 is 0. The van der Waals surface area contributed by atoms with Gasteiger partial charge in [-0.3, -0.25) is 4.79 Å². The largest absolute Gasteiger partial charge is 0.345 e. The lowest BCUT2D eigenvalue weighted by Crippen LogP contribution is -2.30. The quantitative estimate of drug-likeness (QED) is 0.873. The van der Waals surface area contributed by atoms with Crippen LogP contribution < -0.4 is 11.1 Å². The highest BCUT2D eigenvalue weighted by molar-refractivity contribution is 6.30. The molecule has 1 aliphatic carbocycles. The molecule has 3 unspecified atom stereocenters. The number of amides is 1. The van der Waals surface area contributed by atoms with Gasteiger partial charge in [0.05, 0.1) is 6.04 Å².